The molecule has 0 amide bonds. The summed E-state index contributed by atoms with van der Waals surface area (Å²) in [6, 6.07) is 5.97. The van der Waals surface area contributed by atoms with Crippen molar-refractivity contribution < 1.29 is 5.11 Å². The number of halogens is 1. The van der Waals surface area contributed by atoms with E-state index in [0.717, 1.165) is 34.7 Å². The Bertz CT molecular complexity index is 716. The Morgan fingerprint density at radius 2 is 1.88 bits per heavy atom. The molecular weight excluding hydrogens is 362 g/mol. The number of phenolic OH excluding ortho intramolecular Hbond substituents is 1. The molecule has 0 aliphatic heterocycles. The zero-order valence-corrected chi connectivity index (χ0v) is 17.4. The largest absolute Gasteiger partial charge is 0.505 e. The highest BCUT2D eigenvalue weighted by molar-refractivity contribution is 9.10. The van der Waals surface area contributed by atoms with Crippen LogP contribution < -0.4 is 0 Å². The van der Waals surface area contributed by atoms with Crippen LogP contribution in [0.25, 0.3) is 10.9 Å². The number of hydrogen-bond acceptors (Lipinski definition) is 2. The van der Waals surface area contributed by atoms with Crippen molar-refractivity contribution in [2.45, 2.75) is 66.7 Å². The van der Waals surface area contributed by atoms with Gasteiger partial charge in [0.1, 0.15) is 11.3 Å². The van der Waals surface area contributed by atoms with Crippen LogP contribution in [0.3, 0.4) is 0 Å². The molecule has 1 aromatic carbocycles. The summed E-state index contributed by atoms with van der Waals surface area (Å²) in [6.07, 6.45) is 4.96. The zero-order valence-electron chi connectivity index (χ0n) is 15.8. The van der Waals surface area contributed by atoms with Gasteiger partial charge < -0.3 is 5.11 Å². The number of aromatic hydroxyl groups is 1. The second kappa shape index (κ2) is 7.03. The lowest BCUT2D eigenvalue weighted by molar-refractivity contribution is 0.185. The normalized spacial score (nSPS) is 14.1. The molecule has 3 heteroatoms. The first-order valence-electron chi connectivity index (χ1n) is 8.80. The van der Waals surface area contributed by atoms with E-state index in [1.807, 2.05) is 12.1 Å². The third-order valence-electron chi connectivity index (χ3n) is 4.59. The van der Waals surface area contributed by atoms with Crippen LogP contribution in [0.4, 0.5) is 0 Å². The molecule has 24 heavy (non-hydrogen) atoms. The van der Waals surface area contributed by atoms with Crippen molar-refractivity contribution in [2.75, 3.05) is 0 Å². The summed E-state index contributed by atoms with van der Waals surface area (Å²) in [5.74, 6) is 0.664. The highest BCUT2D eigenvalue weighted by Gasteiger charge is 2.30. The van der Waals surface area contributed by atoms with Gasteiger partial charge in [0.25, 0.3) is 0 Å². The van der Waals surface area contributed by atoms with Gasteiger partial charge in [0.05, 0.1) is 0 Å². The highest BCUT2D eigenvalue weighted by Crippen LogP contribution is 2.45. The summed E-state index contributed by atoms with van der Waals surface area (Å²) in [7, 11) is 0. The number of rotatable bonds is 5. The molecule has 0 saturated carbocycles. The average molecular weight is 392 g/mol. The molecule has 0 aliphatic rings. The SMILES string of the molecule is CCC(CC(C)(C)CC(C)(C)C)c1cc(Br)c2cccnc2c1O. The Morgan fingerprint density at radius 3 is 2.46 bits per heavy atom. The lowest BCUT2D eigenvalue weighted by atomic mass is 9.70. The molecule has 1 aromatic heterocycles. The van der Waals surface area contributed by atoms with E-state index in [4.69, 9.17) is 0 Å². The number of hydrogen-bond donors (Lipinski definition) is 1. The van der Waals surface area contributed by atoms with E-state index in [1.54, 1.807) is 6.20 Å². The third kappa shape index (κ3) is 4.50. The monoisotopic (exact) mass is 391 g/mol. The van der Waals surface area contributed by atoms with E-state index in [0.29, 0.717) is 22.6 Å². The predicted molar refractivity (Wildman–Crippen MR) is 107 cm³/mol. The Balaban J connectivity index is 2.41. The lowest BCUT2D eigenvalue weighted by Gasteiger charge is -2.35. The second-order valence-corrected chi connectivity index (χ2v) is 9.76. The fourth-order valence-corrected chi connectivity index (χ4v) is 4.73. The van der Waals surface area contributed by atoms with E-state index in [2.05, 4.69) is 68.5 Å². The Kier molecular flexibility index (Phi) is 5.64. The first-order chi connectivity index (χ1) is 11.0. The summed E-state index contributed by atoms with van der Waals surface area (Å²) in [5, 5.41) is 11.8. The first-order valence-corrected chi connectivity index (χ1v) is 9.59. The Hall–Kier alpha value is -1.09. The van der Waals surface area contributed by atoms with E-state index in [-0.39, 0.29) is 5.41 Å². The van der Waals surface area contributed by atoms with Crippen LogP contribution in [0.2, 0.25) is 0 Å². The van der Waals surface area contributed by atoms with Crippen LogP contribution in [0, 0.1) is 10.8 Å². The predicted octanol–water partition coefficient (Wildman–Crippen LogP) is 7.05. The van der Waals surface area contributed by atoms with Gasteiger partial charge in [0.15, 0.2) is 0 Å². The Morgan fingerprint density at radius 1 is 1.21 bits per heavy atom. The molecule has 0 fully saturated rings. The average Bonchev–Trinajstić information content (AvgIpc) is 2.46. The van der Waals surface area contributed by atoms with Gasteiger partial charge in [-0.2, -0.15) is 0 Å². The highest BCUT2D eigenvalue weighted by atomic mass is 79.9. The van der Waals surface area contributed by atoms with Crippen LogP contribution in [0.5, 0.6) is 5.75 Å². The number of benzene rings is 1. The van der Waals surface area contributed by atoms with Crippen LogP contribution >= 0.6 is 15.9 Å². The molecule has 0 aliphatic carbocycles. The van der Waals surface area contributed by atoms with Crippen molar-refractivity contribution >= 4 is 26.8 Å². The molecule has 132 valence electrons. The van der Waals surface area contributed by atoms with Gasteiger partial charge in [-0.1, -0.05) is 63.5 Å². The van der Waals surface area contributed by atoms with Gasteiger partial charge in [-0.25, -0.2) is 0 Å². The number of nitrogens with zero attached hydrogens (tertiary/aromatic N) is 1. The van der Waals surface area contributed by atoms with E-state index in [1.165, 1.54) is 0 Å². The van der Waals surface area contributed by atoms with Crippen molar-refractivity contribution in [2.24, 2.45) is 10.8 Å². The standard InChI is InChI=1S/C21H30BrNO/c1-7-14(12-21(5,6)13-20(2,3)4)16-11-17(22)15-9-8-10-23-18(15)19(16)24/h8-11,14,24H,7,12-13H2,1-6H3. The fourth-order valence-electron chi connectivity index (χ4n) is 4.17. The van der Waals surface area contributed by atoms with Crippen molar-refractivity contribution in [3.63, 3.8) is 0 Å². The van der Waals surface area contributed by atoms with Crippen molar-refractivity contribution in [1.29, 1.82) is 0 Å². The van der Waals surface area contributed by atoms with Crippen molar-refractivity contribution in [3.8, 4) is 5.75 Å². The van der Waals surface area contributed by atoms with Gasteiger partial charge in [-0.05, 0) is 48.1 Å². The van der Waals surface area contributed by atoms with Crippen molar-refractivity contribution in [3.05, 3.63) is 34.4 Å². The summed E-state index contributed by atoms with van der Waals surface area (Å²) in [4.78, 5) is 4.39. The number of fused-ring (bicyclic) bond motifs is 1. The van der Waals surface area contributed by atoms with Crippen LogP contribution in [0.1, 0.15) is 72.3 Å². The quantitative estimate of drug-likeness (QED) is 0.591. The fraction of sp³-hybridized carbons (Fsp3) is 0.571. The molecule has 2 rings (SSSR count). The van der Waals surface area contributed by atoms with Gasteiger partial charge in [-0.3, -0.25) is 4.98 Å². The minimum Gasteiger partial charge on any atom is -0.505 e. The summed E-state index contributed by atoms with van der Waals surface area (Å²) >= 11 is 3.66. The van der Waals surface area contributed by atoms with E-state index in [9.17, 15) is 5.11 Å². The minimum atomic E-state index is 0.219. The van der Waals surface area contributed by atoms with Gasteiger partial charge in [0.2, 0.25) is 0 Å². The summed E-state index contributed by atoms with van der Waals surface area (Å²) in [6.45, 7) is 13.8. The molecule has 1 atom stereocenters. The molecule has 1 N–H and O–H groups in total. The first kappa shape index (κ1) is 19.2. The number of pyridine rings is 1. The molecule has 0 spiro atoms. The lowest BCUT2D eigenvalue weighted by Crippen LogP contribution is -2.23. The number of aromatic nitrogens is 1. The molecule has 2 aromatic rings. The van der Waals surface area contributed by atoms with Gasteiger partial charge in [0, 0.05) is 21.6 Å². The van der Waals surface area contributed by atoms with Crippen LogP contribution in [-0.2, 0) is 0 Å². The molecule has 0 saturated heterocycles. The molecule has 1 unspecified atom stereocenters. The molecular formula is C21H30BrNO. The van der Waals surface area contributed by atoms with E-state index >= 15 is 0 Å². The van der Waals surface area contributed by atoms with Gasteiger partial charge in [-0.15, -0.1) is 0 Å². The molecule has 2 nitrogen and oxygen atoms in total. The second-order valence-electron chi connectivity index (χ2n) is 8.91. The smallest absolute Gasteiger partial charge is 0.145 e. The maximum atomic E-state index is 10.8. The summed E-state index contributed by atoms with van der Waals surface area (Å²) < 4.78 is 1.01. The maximum Gasteiger partial charge on any atom is 0.145 e. The Labute approximate surface area is 154 Å². The molecule has 0 bridgehead atoms. The van der Waals surface area contributed by atoms with Gasteiger partial charge >= 0.3 is 0 Å². The maximum absolute atomic E-state index is 10.8. The topological polar surface area (TPSA) is 33.1 Å². The van der Waals surface area contributed by atoms with E-state index < -0.39 is 0 Å². The molecule has 1 heterocycles. The zero-order chi connectivity index (χ0) is 18.1. The minimum absolute atomic E-state index is 0.219. The number of phenols is 1. The van der Waals surface area contributed by atoms with Crippen LogP contribution in [0.15, 0.2) is 28.9 Å². The molecule has 0 radical (unpaired) electrons. The summed E-state index contributed by atoms with van der Waals surface area (Å²) in [5.41, 5.74) is 2.22. The van der Waals surface area contributed by atoms with Crippen LogP contribution in [-0.4, -0.2) is 10.1 Å². The van der Waals surface area contributed by atoms with Crippen molar-refractivity contribution in [1.82, 2.24) is 4.98 Å². The third-order valence-corrected chi connectivity index (χ3v) is 5.24.